The Balaban J connectivity index is 0.000000336. The average Bonchev–Trinajstić information content (AvgIpc) is 2.75. The molecule has 0 aromatic rings. The van der Waals surface area contributed by atoms with Gasteiger partial charge in [-0.2, -0.15) is 0 Å². The molecule has 0 aromatic carbocycles. The molecule has 0 bridgehead atoms. The minimum Gasteiger partial charge on any atom is -0.350 e. The Bertz CT molecular complexity index is 173. The van der Waals surface area contributed by atoms with E-state index in [1.807, 2.05) is 13.8 Å². The number of carbonyl (C=O) groups is 1. The molecule has 70 valence electrons. The van der Waals surface area contributed by atoms with Crippen molar-refractivity contribution in [2.24, 2.45) is 5.92 Å². The van der Waals surface area contributed by atoms with Gasteiger partial charge in [-0.05, 0) is 25.7 Å². The van der Waals surface area contributed by atoms with Gasteiger partial charge in [0.15, 0.2) is 0 Å². The summed E-state index contributed by atoms with van der Waals surface area (Å²) < 4.78 is 0. The molecule has 12 heavy (non-hydrogen) atoms. The molecule has 1 saturated carbocycles. The lowest BCUT2D eigenvalue weighted by Gasteiger charge is -2.02. The van der Waals surface area contributed by atoms with Crippen LogP contribution in [0.5, 0.6) is 0 Å². The van der Waals surface area contributed by atoms with Crippen molar-refractivity contribution in [3.8, 4) is 0 Å². The molecule has 1 unspecified atom stereocenters. The summed E-state index contributed by atoms with van der Waals surface area (Å²) in [7, 11) is 0. The van der Waals surface area contributed by atoms with Gasteiger partial charge in [0.2, 0.25) is 5.91 Å². The van der Waals surface area contributed by atoms with Crippen molar-refractivity contribution in [1.29, 1.82) is 0 Å². The number of amides is 1. The summed E-state index contributed by atoms with van der Waals surface area (Å²) in [6.45, 7) is 6.09. The van der Waals surface area contributed by atoms with Gasteiger partial charge in [-0.25, -0.2) is 0 Å². The number of rotatable bonds is 1. The van der Waals surface area contributed by atoms with Crippen LogP contribution in [-0.4, -0.2) is 11.4 Å². The third-order valence-electron chi connectivity index (χ3n) is 2.74. The van der Waals surface area contributed by atoms with Crippen LogP contribution < -0.4 is 5.32 Å². The molecule has 2 nitrogen and oxygen atoms in total. The predicted octanol–water partition coefficient (Wildman–Crippen LogP) is 2.09. The molecule has 1 atom stereocenters. The Hall–Kier alpha value is -0.530. The smallest absolute Gasteiger partial charge is 0.223 e. The minimum atomic E-state index is 0.289. The van der Waals surface area contributed by atoms with Crippen LogP contribution in [0.2, 0.25) is 0 Å². The Kier molecular flexibility index (Phi) is 2.76. The minimum absolute atomic E-state index is 0.289. The van der Waals surface area contributed by atoms with E-state index in [2.05, 4.69) is 12.2 Å². The predicted molar refractivity (Wildman–Crippen MR) is 49.9 cm³/mol. The van der Waals surface area contributed by atoms with Gasteiger partial charge < -0.3 is 5.32 Å². The van der Waals surface area contributed by atoms with E-state index < -0.39 is 0 Å². The summed E-state index contributed by atoms with van der Waals surface area (Å²) in [4.78, 5) is 11.1. The third kappa shape index (κ3) is 1.62. The molecular weight excluding hydrogens is 150 g/mol. The molecule has 1 spiro atoms. The molecule has 2 heteroatoms. The Labute approximate surface area is 74.7 Å². The number of nitrogens with one attached hydrogen (secondary N) is 1. The standard InChI is InChI=1S/C8H13NO.C2H6/c1-2-6-5-8(3-4-8)9-7(6)10;1-2/h6H,2-5H2,1H3,(H,9,10);1-2H3. The molecule has 0 aromatic heterocycles. The van der Waals surface area contributed by atoms with E-state index in [-0.39, 0.29) is 5.54 Å². The highest BCUT2D eigenvalue weighted by Gasteiger charge is 2.51. The second kappa shape index (κ2) is 3.46. The van der Waals surface area contributed by atoms with E-state index in [1.54, 1.807) is 0 Å². The summed E-state index contributed by atoms with van der Waals surface area (Å²) in [5.41, 5.74) is 0.289. The summed E-state index contributed by atoms with van der Waals surface area (Å²) in [6, 6.07) is 0. The maximum absolute atomic E-state index is 11.1. The molecule has 1 N–H and O–H groups in total. The second-order valence-corrected chi connectivity index (χ2v) is 3.58. The molecule has 1 saturated heterocycles. The van der Waals surface area contributed by atoms with Gasteiger partial charge in [0.25, 0.3) is 0 Å². The lowest BCUT2D eigenvalue weighted by molar-refractivity contribution is -0.122. The van der Waals surface area contributed by atoms with Crippen LogP contribution in [0.15, 0.2) is 0 Å². The van der Waals surface area contributed by atoms with E-state index in [4.69, 9.17) is 0 Å². The molecule has 1 heterocycles. The van der Waals surface area contributed by atoms with Gasteiger partial charge >= 0.3 is 0 Å². The SMILES string of the molecule is CC.CCC1CC2(CC2)NC1=O. The van der Waals surface area contributed by atoms with Crippen LogP contribution in [0, 0.1) is 5.92 Å². The normalized spacial score (nSPS) is 29.2. The largest absolute Gasteiger partial charge is 0.350 e. The first-order valence-electron chi connectivity index (χ1n) is 5.08. The lowest BCUT2D eigenvalue weighted by atomic mass is 10.0. The van der Waals surface area contributed by atoms with Crippen molar-refractivity contribution in [2.45, 2.75) is 52.0 Å². The monoisotopic (exact) mass is 169 g/mol. The molecule has 1 aliphatic heterocycles. The van der Waals surface area contributed by atoms with E-state index >= 15 is 0 Å². The van der Waals surface area contributed by atoms with Crippen LogP contribution in [0.25, 0.3) is 0 Å². The topological polar surface area (TPSA) is 29.1 Å². The van der Waals surface area contributed by atoms with Gasteiger partial charge in [0.05, 0.1) is 0 Å². The zero-order valence-corrected chi connectivity index (χ0v) is 8.31. The maximum Gasteiger partial charge on any atom is 0.223 e. The van der Waals surface area contributed by atoms with E-state index in [0.717, 1.165) is 12.8 Å². The summed E-state index contributed by atoms with van der Waals surface area (Å²) in [5, 5.41) is 3.07. The van der Waals surface area contributed by atoms with Gasteiger partial charge in [-0.15, -0.1) is 0 Å². The zero-order chi connectivity index (χ0) is 9.19. The van der Waals surface area contributed by atoms with Gasteiger partial charge in [-0.3, -0.25) is 4.79 Å². The average molecular weight is 169 g/mol. The van der Waals surface area contributed by atoms with Crippen molar-refractivity contribution in [3.05, 3.63) is 0 Å². The van der Waals surface area contributed by atoms with Crippen LogP contribution >= 0.6 is 0 Å². The number of carbonyl (C=O) groups excluding carboxylic acids is 1. The van der Waals surface area contributed by atoms with E-state index in [0.29, 0.717) is 11.8 Å². The molecule has 1 aliphatic carbocycles. The maximum atomic E-state index is 11.1. The fraction of sp³-hybridized carbons (Fsp3) is 0.900. The highest BCUT2D eigenvalue weighted by Crippen LogP contribution is 2.45. The zero-order valence-electron chi connectivity index (χ0n) is 8.31. The fourth-order valence-corrected chi connectivity index (χ4v) is 1.79. The highest BCUT2D eigenvalue weighted by molar-refractivity contribution is 5.82. The van der Waals surface area contributed by atoms with Crippen molar-refractivity contribution in [2.75, 3.05) is 0 Å². The highest BCUT2D eigenvalue weighted by atomic mass is 16.2. The molecule has 0 radical (unpaired) electrons. The Morgan fingerprint density at radius 2 is 2.08 bits per heavy atom. The van der Waals surface area contributed by atoms with Gasteiger partial charge in [-0.1, -0.05) is 20.8 Å². The summed E-state index contributed by atoms with van der Waals surface area (Å²) >= 11 is 0. The Morgan fingerprint density at radius 1 is 1.50 bits per heavy atom. The van der Waals surface area contributed by atoms with Crippen LogP contribution in [0.3, 0.4) is 0 Å². The second-order valence-electron chi connectivity index (χ2n) is 3.58. The first-order chi connectivity index (χ1) is 5.76. The molecule has 2 rings (SSSR count). The van der Waals surface area contributed by atoms with Crippen molar-refractivity contribution >= 4 is 5.91 Å². The Morgan fingerprint density at radius 3 is 2.33 bits per heavy atom. The molecule has 2 aliphatic rings. The van der Waals surface area contributed by atoms with Crippen molar-refractivity contribution in [1.82, 2.24) is 5.32 Å². The van der Waals surface area contributed by atoms with Gasteiger partial charge in [0.1, 0.15) is 0 Å². The molecule has 1 amide bonds. The van der Waals surface area contributed by atoms with Crippen molar-refractivity contribution < 1.29 is 4.79 Å². The van der Waals surface area contributed by atoms with E-state index in [1.165, 1.54) is 12.8 Å². The lowest BCUT2D eigenvalue weighted by Crippen LogP contribution is -2.27. The molecular formula is C10H19NO. The van der Waals surface area contributed by atoms with Crippen LogP contribution in [0.1, 0.15) is 46.5 Å². The number of hydrogen-bond acceptors (Lipinski definition) is 1. The first-order valence-corrected chi connectivity index (χ1v) is 5.08. The third-order valence-corrected chi connectivity index (χ3v) is 2.74. The summed E-state index contributed by atoms with van der Waals surface area (Å²) in [6.07, 6.45) is 4.54. The van der Waals surface area contributed by atoms with Crippen molar-refractivity contribution in [3.63, 3.8) is 0 Å². The van der Waals surface area contributed by atoms with Gasteiger partial charge in [0, 0.05) is 11.5 Å². The first kappa shape index (κ1) is 9.56. The van der Waals surface area contributed by atoms with Crippen LogP contribution in [-0.2, 0) is 4.79 Å². The molecule has 2 fully saturated rings. The fourth-order valence-electron chi connectivity index (χ4n) is 1.79. The quantitative estimate of drug-likeness (QED) is 0.640. The number of hydrogen-bond donors (Lipinski definition) is 1. The van der Waals surface area contributed by atoms with E-state index in [9.17, 15) is 4.79 Å². The van der Waals surface area contributed by atoms with Crippen LogP contribution in [0.4, 0.5) is 0 Å². The summed E-state index contributed by atoms with van der Waals surface area (Å²) in [5.74, 6) is 0.613.